The summed E-state index contributed by atoms with van der Waals surface area (Å²) in [6, 6.07) is 67.0. The molecule has 119 heavy (non-hydrogen) atoms. The van der Waals surface area contributed by atoms with E-state index in [0.717, 1.165) is 96.3 Å². The van der Waals surface area contributed by atoms with Gasteiger partial charge < -0.3 is 59.3 Å². The number of amides is 5. The average Bonchev–Trinajstić information content (AvgIpc) is 0.863. The molecule has 0 saturated heterocycles. The Bertz CT molecular complexity index is 4730. The van der Waals surface area contributed by atoms with Gasteiger partial charge in [0, 0.05) is 158 Å². The summed E-state index contributed by atoms with van der Waals surface area (Å²) in [6.07, 6.45) is 5.95. The number of ether oxygens (including phenoxy) is 1. The maximum atomic E-state index is 13.6. The molecule has 28 heteroatoms. The van der Waals surface area contributed by atoms with Crippen LogP contribution in [0.25, 0.3) is 0 Å². The van der Waals surface area contributed by atoms with Gasteiger partial charge in [0.1, 0.15) is 46.1 Å². The number of phenols is 5. The van der Waals surface area contributed by atoms with Crippen molar-refractivity contribution in [2.24, 2.45) is 0 Å². The Kier molecular flexibility index (Phi) is 45.6. The van der Waals surface area contributed by atoms with Crippen LogP contribution in [-0.2, 0) is 67.9 Å². The smallest absolute Gasteiger partial charge is 0.222 e. The summed E-state index contributed by atoms with van der Waals surface area (Å²) >= 11 is 36.0. The number of hydrogen-bond acceptors (Lipinski definition) is 16. The zero-order valence-electron chi connectivity index (χ0n) is 67.2. The number of nitrogens with zero attached hydrogens (tertiary/aromatic N) is 5. The summed E-state index contributed by atoms with van der Waals surface area (Å²) < 4.78 is 31.0. The third-order valence-corrected chi connectivity index (χ3v) is 25.5. The van der Waals surface area contributed by atoms with Gasteiger partial charge in [-0.1, -0.05) is 131 Å². The van der Waals surface area contributed by atoms with Gasteiger partial charge in [-0.15, -0.1) is 47.0 Å². The zero-order valence-corrected chi connectivity index (χ0v) is 75.1. The van der Waals surface area contributed by atoms with E-state index in [2.05, 4.69) is 0 Å². The molecule has 1 atom stereocenters. The Morgan fingerprint density at radius 3 is 1.04 bits per heavy atom. The third-order valence-electron chi connectivity index (χ3n) is 17.7. The number of para-hydroxylation sites is 1. The summed E-state index contributed by atoms with van der Waals surface area (Å²) in [4.78, 5) is 74.2. The van der Waals surface area contributed by atoms with E-state index >= 15 is 0 Å². The summed E-state index contributed by atoms with van der Waals surface area (Å²) in [5.74, 6) is 5.80. The Morgan fingerprint density at radius 2 is 0.647 bits per heavy atom. The summed E-state index contributed by atoms with van der Waals surface area (Å²) in [5, 5.41) is 49.0. The number of hydrogen-bond donors (Lipinski definition) is 5. The van der Waals surface area contributed by atoms with Gasteiger partial charge in [0.2, 0.25) is 29.5 Å². The van der Waals surface area contributed by atoms with Crippen LogP contribution in [0.2, 0.25) is 25.1 Å². The topological polar surface area (TPSA) is 235 Å². The van der Waals surface area contributed by atoms with Crippen molar-refractivity contribution >= 4 is 146 Å². The molecule has 0 saturated carbocycles. The van der Waals surface area contributed by atoms with Crippen LogP contribution in [0.1, 0.15) is 92.0 Å². The molecule has 10 rings (SSSR count). The minimum atomic E-state index is -1.17. The predicted octanol–water partition coefficient (Wildman–Crippen LogP) is 22.0. The molecule has 0 heterocycles. The Morgan fingerprint density at radius 1 is 0.353 bits per heavy atom. The van der Waals surface area contributed by atoms with E-state index in [9.17, 15) is 58.4 Å². The minimum Gasteiger partial charge on any atom is -0.611 e. The number of carbonyl (C=O) groups excluding carboxylic acids is 5. The lowest BCUT2D eigenvalue weighted by molar-refractivity contribution is -0.131. The lowest BCUT2D eigenvalue weighted by atomic mass is 10.2. The lowest BCUT2D eigenvalue weighted by Gasteiger charge is -2.19. The zero-order chi connectivity index (χ0) is 86.6. The van der Waals surface area contributed by atoms with E-state index in [0.29, 0.717) is 106 Å². The fourth-order valence-corrected chi connectivity index (χ4v) is 16.6. The van der Waals surface area contributed by atoms with Gasteiger partial charge in [-0.05, 0) is 229 Å². The largest absolute Gasteiger partial charge is 0.611 e. The molecule has 10 aromatic rings. The van der Waals surface area contributed by atoms with Crippen LogP contribution in [0.5, 0.6) is 34.5 Å². The molecule has 0 aliphatic rings. The van der Waals surface area contributed by atoms with Crippen molar-refractivity contribution in [2.75, 3.05) is 71.1 Å². The van der Waals surface area contributed by atoms with E-state index in [4.69, 9.17) is 62.7 Å². The van der Waals surface area contributed by atoms with E-state index in [1.807, 2.05) is 110 Å². The van der Waals surface area contributed by atoms with Gasteiger partial charge in [0.15, 0.2) is 4.90 Å². The van der Waals surface area contributed by atoms with Crippen LogP contribution in [0.4, 0.5) is 4.39 Å². The predicted molar refractivity (Wildman–Crippen MR) is 487 cm³/mol. The van der Waals surface area contributed by atoms with Gasteiger partial charge in [0.05, 0.1) is 17.2 Å². The number of benzene rings is 10. The first-order valence-electron chi connectivity index (χ1n) is 38.1. The molecule has 10 aromatic carbocycles. The molecule has 0 aromatic heterocycles. The quantitative estimate of drug-likeness (QED) is 0.0139. The second-order valence-corrected chi connectivity index (χ2v) is 35.3. The van der Waals surface area contributed by atoms with Crippen molar-refractivity contribution in [1.82, 2.24) is 24.5 Å². The number of carbonyl (C=O) groups is 5. The second kappa shape index (κ2) is 54.7. The highest BCUT2D eigenvalue weighted by Crippen LogP contribution is 2.31. The molecular formula is C91H101Cl5FN5O12S5. The van der Waals surface area contributed by atoms with Crippen molar-refractivity contribution in [1.29, 1.82) is 0 Å². The number of aromatic hydroxyl groups is 5. The monoisotopic (exact) mass is 1810 g/mol. The molecule has 5 amide bonds. The first kappa shape index (κ1) is 99.3. The van der Waals surface area contributed by atoms with Gasteiger partial charge in [-0.2, -0.15) is 0 Å². The maximum Gasteiger partial charge on any atom is 0.222 e. The van der Waals surface area contributed by atoms with Crippen molar-refractivity contribution in [3.05, 3.63) is 289 Å². The van der Waals surface area contributed by atoms with E-state index < -0.39 is 11.2 Å². The van der Waals surface area contributed by atoms with Crippen LogP contribution in [0.3, 0.4) is 0 Å². The molecule has 0 fully saturated rings. The van der Waals surface area contributed by atoms with Gasteiger partial charge in [-0.3, -0.25) is 24.0 Å². The summed E-state index contributed by atoms with van der Waals surface area (Å²) in [5.41, 5.74) is 4.06. The highest BCUT2D eigenvalue weighted by Gasteiger charge is 2.19. The van der Waals surface area contributed by atoms with Crippen LogP contribution in [-0.4, -0.2) is 155 Å². The first-order chi connectivity index (χ1) is 57.1. The van der Waals surface area contributed by atoms with Crippen LogP contribution in [0, 0.1) is 5.82 Å². The van der Waals surface area contributed by atoms with E-state index in [-0.39, 0.29) is 70.6 Å². The summed E-state index contributed by atoms with van der Waals surface area (Å²) in [6.45, 7) is 2.15. The number of phenolic OH excluding ortho intramolecular Hbond substituents is 5. The second-order valence-electron chi connectivity index (χ2n) is 27.1. The third kappa shape index (κ3) is 38.0. The van der Waals surface area contributed by atoms with Crippen molar-refractivity contribution < 1.29 is 63.2 Å². The first-order valence-corrected chi connectivity index (χ1v) is 45.2. The lowest BCUT2D eigenvalue weighted by Crippen LogP contribution is -2.26. The average molecular weight is 1810 g/mol. The summed E-state index contributed by atoms with van der Waals surface area (Å²) in [7, 11) is 10.4. The van der Waals surface area contributed by atoms with Crippen molar-refractivity contribution in [3.63, 3.8) is 0 Å². The van der Waals surface area contributed by atoms with E-state index in [1.54, 1.807) is 216 Å². The molecule has 0 aliphatic carbocycles. The van der Waals surface area contributed by atoms with Gasteiger partial charge in [0.25, 0.3) is 0 Å². The Balaban J connectivity index is 0.000000231. The van der Waals surface area contributed by atoms with Crippen LogP contribution in [0.15, 0.2) is 255 Å². The van der Waals surface area contributed by atoms with Crippen molar-refractivity contribution in [2.45, 2.75) is 121 Å². The van der Waals surface area contributed by atoms with Gasteiger partial charge in [-0.25, -0.2) is 4.39 Å². The Hall–Kier alpha value is -8.56. The molecule has 0 radical (unpaired) electrons. The molecular weight excluding hydrogens is 1710 g/mol. The molecule has 1 unspecified atom stereocenters. The highest BCUT2D eigenvalue weighted by atomic mass is 35.5. The molecule has 0 bridgehead atoms. The standard InChI is InChI=1S/C19H23NO3S.2C18H19Cl2NO2S.C18H20ClNO3S.C18H20FNO2S/c1-20(14-15-6-3-4-7-18(15)23-2)19(22)8-5-13-24-17-11-9-16(21)10-12-17;1-21(12-15-16(19)4-2-5-17(15)20)18(23)6-3-11-24-14-9-7-13(22)8-10-14;1-21(12-13-4-2-5-16(19)18(13)20)17(23)6-3-11-24-15-9-7-14(22)8-10-15;1-20(13-14-5-2-3-6-17(14)19)18(22)7-4-12-24(23)16-10-8-15(21)9-11-16;1-20(13-14-5-2-3-6-17(14)19)18(22)7-4-12-23-16-10-8-15(21)9-11-16/h3-4,6-7,9-12,21H,5,8,13-14H2,1-2H3;2*2,4-5,7-10,22H,3,6,11-12H2,1H3;2-3,5-6,8-11,21H,4,7,12-13H2,1H3;2-3,5-6,8-11,21H,4,7,12-13H2,1H3. The van der Waals surface area contributed by atoms with Crippen LogP contribution >= 0.6 is 105 Å². The molecule has 0 aliphatic heterocycles. The highest BCUT2D eigenvalue weighted by molar-refractivity contribution is 8.00. The van der Waals surface area contributed by atoms with E-state index in [1.165, 1.54) is 18.2 Å². The van der Waals surface area contributed by atoms with Crippen LogP contribution < -0.4 is 4.74 Å². The normalized spacial score (nSPS) is 10.8. The molecule has 0 spiro atoms. The number of rotatable bonds is 36. The Labute approximate surface area is 743 Å². The molecule has 634 valence electrons. The fourth-order valence-electron chi connectivity index (χ4n) is 11.0. The fraction of sp³-hybridized carbons (Fsp3) is 0.286. The molecule has 17 nitrogen and oxygen atoms in total. The van der Waals surface area contributed by atoms with Gasteiger partial charge >= 0.3 is 0 Å². The maximum absolute atomic E-state index is 13.6. The number of halogens is 6. The minimum absolute atomic E-state index is 0.00220. The number of thioether (sulfide) groups is 4. The SMILES string of the molecule is CN(Cc1c(Cl)cccc1Cl)C(=O)CCCSc1ccc(O)cc1.CN(Cc1cccc(Cl)c1Cl)C(=O)CCCSc1ccc(O)cc1.CN(Cc1ccccc1Cl)C(=O)CCC[S+]([O-])c1ccc(O)cc1.CN(Cc1ccccc1F)C(=O)CCCSc1ccc(O)cc1.COc1ccccc1CN(C)C(=O)CCCSc1ccc(O)cc1. The van der Waals surface area contributed by atoms with Crippen molar-refractivity contribution in [3.8, 4) is 34.5 Å². The molecule has 5 N–H and O–H groups in total. The number of methoxy groups -OCH3 is 1.